The van der Waals surface area contributed by atoms with Crippen molar-refractivity contribution in [3.05, 3.63) is 66.0 Å². The summed E-state index contributed by atoms with van der Waals surface area (Å²) in [4.78, 5) is 9.61. The fourth-order valence-electron chi connectivity index (χ4n) is 4.67. The molecule has 0 saturated carbocycles. The lowest BCUT2D eigenvalue weighted by Crippen LogP contribution is -2.51. The van der Waals surface area contributed by atoms with Crippen LogP contribution < -0.4 is 5.32 Å². The van der Waals surface area contributed by atoms with Crippen molar-refractivity contribution in [2.45, 2.75) is 46.0 Å². The Balaban J connectivity index is 1.57. The molecular formula is C29H40FN5. The van der Waals surface area contributed by atoms with Gasteiger partial charge in [-0.3, -0.25) is 9.89 Å². The summed E-state index contributed by atoms with van der Waals surface area (Å²) in [5.74, 6) is 1.34. The van der Waals surface area contributed by atoms with E-state index >= 15 is 0 Å². The zero-order valence-electron chi connectivity index (χ0n) is 21.7. The number of guanidine groups is 1. The number of anilines is 1. The summed E-state index contributed by atoms with van der Waals surface area (Å²) in [6, 6.07) is 19.3. The number of aliphatic imine (C=N–C) groups is 1. The largest absolute Gasteiger partial charge is 0.340 e. The average molecular weight is 478 g/mol. The molecule has 1 heterocycles. The first-order chi connectivity index (χ1) is 16.8. The van der Waals surface area contributed by atoms with Gasteiger partial charge in [0.15, 0.2) is 5.96 Å². The molecule has 1 atom stereocenters. The Bertz CT molecular complexity index is 972. The zero-order chi connectivity index (χ0) is 25.3. The van der Waals surface area contributed by atoms with Crippen molar-refractivity contribution in [2.24, 2.45) is 16.8 Å². The molecule has 1 saturated heterocycles. The first-order valence-corrected chi connectivity index (χ1v) is 12.8. The second kappa shape index (κ2) is 12.7. The summed E-state index contributed by atoms with van der Waals surface area (Å²) in [6.45, 7) is 14.0. The number of benzene rings is 2. The molecule has 0 amide bonds. The number of nitriles is 1. The molecule has 188 valence electrons. The summed E-state index contributed by atoms with van der Waals surface area (Å²) < 4.78 is 13.3. The van der Waals surface area contributed by atoms with Crippen molar-refractivity contribution in [3.8, 4) is 6.07 Å². The standard InChI is InChI=1S/C29H40FN5/c1-23(2)21-32-28(33-27-13-11-26(30)12-14-27)35-19-17-34(18-20-35)16-8-15-29(22-31,24(3)4)25-9-6-5-7-10-25/h5-7,9-14,23-24H,8,15-21H2,1-4H3,(H,32,33). The van der Waals surface area contributed by atoms with E-state index in [1.54, 1.807) is 12.1 Å². The molecule has 1 unspecified atom stereocenters. The third kappa shape index (κ3) is 7.29. The molecule has 5 nitrogen and oxygen atoms in total. The summed E-state index contributed by atoms with van der Waals surface area (Å²) in [7, 11) is 0. The Morgan fingerprint density at radius 2 is 1.69 bits per heavy atom. The van der Waals surface area contributed by atoms with Gasteiger partial charge in [-0.1, -0.05) is 58.0 Å². The first-order valence-electron chi connectivity index (χ1n) is 12.8. The maximum atomic E-state index is 13.3. The van der Waals surface area contributed by atoms with Crippen LogP contribution in [0.15, 0.2) is 59.6 Å². The van der Waals surface area contributed by atoms with E-state index in [1.807, 2.05) is 18.2 Å². The van der Waals surface area contributed by atoms with Gasteiger partial charge in [0.05, 0.1) is 11.5 Å². The molecule has 1 aliphatic rings. The highest BCUT2D eigenvalue weighted by atomic mass is 19.1. The van der Waals surface area contributed by atoms with Gasteiger partial charge in [0.25, 0.3) is 0 Å². The molecule has 1 fully saturated rings. The van der Waals surface area contributed by atoms with Crippen LogP contribution in [0.5, 0.6) is 0 Å². The van der Waals surface area contributed by atoms with Gasteiger partial charge < -0.3 is 10.2 Å². The minimum absolute atomic E-state index is 0.241. The molecule has 2 aromatic rings. The molecule has 35 heavy (non-hydrogen) atoms. The highest BCUT2D eigenvalue weighted by Crippen LogP contribution is 2.36. The Morgan fingerprint density at radius 3 is 2.26 bits per heavy atom. The van der Waals surface area contributed by atoms with E-state index in [4.69, 9.17) is 4.99 Å². The van der Waals surface area contributed by atoms with Gasteiger partial charge >= 0.3 is 0 Å². The second-order valence-corrected chi connectivity index (χ2v) is 10.2. The fourth-order valence-corrected chi connectivity index (χ4v) is 4.67. The number of halogens is 1. The van der Waals surface area contributed by atoms with Crippen molar-refractivity contribution in [1.82, 2.24) is 9.80 Å². The Kier molecular flexibility index (Phi) is 9.68. The van der Waals surface area contributed by atoms with Crippen molar-refractivity contribution >= 4 is 11.6 Å². The number of hydrogen-bond acceptors (Lipinski definition) is 3. The predicted molar refractivity (Wildman–Crippen MR) is 143 cm³/mol. The van der Waals surface area contributed by atoms with Crippen LogP contribution in [-0.2, 0) is 5.41 Å². The number of nitrogens with one attached hydrogen (secondary N) is 1. The number of nitrogens with zero attached hydrogens (tertiary/aromatic N) is 4. The topological polar surface area (TPSA) is 54.7 Å². The Labute approximate surface area is 210 Å². The summed E-state index contributed by atoms with van der Waals surface area (Å²) in [6.07, 6.45) is 1.85. The smallest absolute Gasteiger partial charge is 0.198 e. The van der Waals surface area contributed by atoms with E-state index in [9.17, 15) is 9.65 Å². The average Bonchev–Trinajstić information content (AvgIpc) is 2.86. The van der Waals surface area contributed by atoms with Crippen LogP contribution in [0.1, 0.15) is 46.1 Å². The molecular weight excluding hydrogens is 437 g/mol. The minimum Gasteiger partial charge on any atom is -0.340 e. The van der Waals surface area contributed by atoms with E-state index < -0.39 is 5.41 Å². The van der Waals surface area contributed by atoms with E-state index in [0.29, 0.717) is 5.92 Å². The van der Waals surface area contributed by atoms with Crippen LogP contribution in [0, 0.1) is 29.0 Å². The summed E-state index contributed by atoms with van der Waals surface area (Å²) in [5.41, 5.74) is 1.53. The highest BCUT2D eigenvalue weighted by Gasteiger charge is 2.35. The van der Waals surface area contributed by atoms with E-state index in [1.165, 1.54) is 12.1 Å². The maximum absolute atomic E-state index is 13.3. The van der Waals surface area contributed by atoms with E-state index in [0.717, 1.165) is 69.3 Å². The SMILES string of the molecule is CC(C)CN=C(Nc1ccc(F)cc1)N1CCN(CCCC(C#N)(c2ccccc2)C(C)C)CC1. The monoisotopic (exact) mass is 477 g/mol. The van der Waals surface area contributed by atoms with Gasteiger partial charge in [-0.15, -0.1) is 0 Å². The number of piperazine rings is 1. The van der Waals surface area contributed by atoms with E-state index in [2.05, 4.69) is 61.0 Å². The van der Waals surface area contributed by atoms with E-state index in [-0.39, 0.29) is 11.7 Å². The van der Waals surface area contributed by atoms with Gasteiger partial charge in [0, 0.05) is 38.4 Å². The maximum Gasteiger partial charge on any atom is 0.198 e. The summed E-state index contributed by atoms with van der Waals surface area (Å²) >= 11 is 0. The lowest BCUT2D eigenvalue weighted by atomic mass is 9.70. The first kappa shape index (κ1) is 26.7. The third-order valence-electron chi connectivity index (χ3n) is 6.90. The van der Waals surface area contributed by atoms with Crippen molar-refractivity contribution in [3.63, 3.8) is 0 Å². The third-order valence-corrected chi connectivity index (χ3v) is 6.90. The molecule has 6 heteroatoms. The van der Waals surface area contributed by atoms with Gasteiger partial charge in [-0.05, 0) is 61.1 Å². The molecule has 0 radical (unpaired) electrons. The van der Waals surface area contributed by atoms with Gasteiger partial charge in [-0.2, -0.15) is 5.26 Å². The van der Waals surface area contributed by atoms with Crippen molar-refractivity contribution in [1.29, 1.82) is 5.26 Å². The molecule has 0 aromatic heterocycles. The van der Waals surface area contributed by atoms with Crippen LogP contribution in [0.2, 0.25) is 0 Å². The van der Waals surface area contributed by atoms with Crippen LogP contribution in [-0.4, -0.2) is 55.0 Å². The Morgan fingerprint density at radius 1 is 1.03 bits per heavy atom. The van der Waals surface area contributed by atoms with Crippen molar-refractivity contribution < 1.29 is 4.39 Å². The summed E-state index contributed by atoms with van der Waals surface area (Å²) in [5, 5.41) is 13.5. The van der Waals surface area contributed by atoms with Gasteiger partial charge in [-0.25, -0.2) is 4.39 Å². The minimum atomic E-state index is -0.446. The fraction of sp³-hybridized carbons (Fsp3) is 0.517. The van der Waals surface area contributed by atoms with Crippen LogP contribution in [0.25, 0.3) is 0 Å². The quantitative estimate of drug-likeness (QED) is 0.368. The molecule has 2 aromatic carbocycles. The second-order valence-electron chi connectivity index (χ2n) is 10.2. The molecule has 0 bridgehead atoms. The van der Waals surface area contributed by atoms with Crippen molar-refractivity contribution in [2.75, 3.05) is 44.6 Å². The highest BCUT2D eigenvalue weighted by molar-refractivity contribution is 5.93. The number of hydrogen-bond donors (Lipinski definition) is 1. The molecule has 3 rings (SSSR count). The predicted octanol–water partition coefficient (Wildman–Crippen LogP) is 5.76. The van der Waals surface area contributed by atoms with Crippen LogP contribution >= 0.6 is 0 Å². The Hall–Kier alpha value is -2.91. The molecule has 0 aliphatic carbocycles. The zero-order valence-corrected chi connectivity index (χ0v) is 21.7. The van der Waals surface area contributed by atoms with Gasteiger partial charge in [0.1, 0.15) is 5.82 Å². The van der Waals surface area contributed by atoms with Crippen LogP contribution in [0.3, 0.4) is 0 Å². The molecule has 0 spiro atoms. The lowest BCUT2D eigenvalue weighted by Gasteiger charge is -2.37. The lowest BCUT2D eigenvalue weighted by molar-refractivity contribution is 0.174. The number of rotatable bonds is 9. The molecule has 1 aliphatic heterocycles. The normalized spacial score (nSPS) is 16.9. The van der Waals surface area contributed by atoms with Gasteiger partial charge in [0.2, 0.25) is 0 Å². The molecule has 1 N–H and O–H groups in total. The van der Waals surface area contributed by atoms with Crippen LogP contribution in [0.4, 0.5) is 10.1 Å².